The molecular formula is C18H27ClN2O2. The predicted octanol–water partition coefficient (Wildman–Crippen LogP) is 4.04. The Bertz CT molecular complexity index is 536. The Labute approximate surface area is 144 Å². The highest BCUT2D eigenvalue weighted by molar-refractivity contribution is 6.31. The molecule has 1 amide bonds. The fourth-order valence-corrected chi connectivity index (χ4v) is 3.00. The minimum atomic E-state index is -0.449. The number of carbonyl (C=O) groups excluding carboxylic acids is 1. The maximum atomic E-state index is 11.9. The lowest BCUT2D eigenvalue weighted by atomic mass is 9.76. The average molecular weight is 339 g/mol. The molecule has 0 atom stereocenters. The first-order valence-corrected chi connectivity index (χ1v) is 8.56. The molecule has 4 nitrogen and oxygen atoms in total. The molecule has 0 saturated heterocycles. The maximum absolute atomic E-state index is 11.9. The van der Waals surface area contributed by atoms with Crippen LogP contribution in [-0.4, -0.2) is 42.8 Å². The van der Waals surface area contributed by atoms with Crippen molar-refractivity contribution in [1.29, 1.82) is 0 Å². The molecular weight excluding hydrogens is 312 g/mol. The monoisotopic (exact) mass is 338 g/mol. The van der Waals surface area contributed by atoms with Crippen molar-refractivity contribution in [3.63, 3.8) is 0 Å². The number of likely N-dealkylation sites (N-methyl/N-ethyl adjacent to an activating group) is 1. The molecule has 2 rings (SSSR count). The Morgan fingerprint density at radius 3 is 2.61 bits per heavy atom. The molecule has 1 aromatic carbocycles. The van der Waals surface area contributed by atoms with Gasteiger partial charge in [0.25, 0.3) is 0 Å². The van der Waals surface area contributed by atoms with Gasteiger partial charge >= 0.3 is 6.09 Å². The third-order valence-electron chi connectivity index (χ3n) is 4.07. The van der Waals surface area contributed by atoms with Crippen LogP contribution in [-0.2, 0) is 4.74 Å². The van der Waals surface area contributed by atoms with E-state index in [1.54, 1.807) is 11.9 Å². The van der Waals surface area contributed by atoms with E-state index >= 15 is 0 Å². The van der Waals surface area contributed by atoms with E-state index in [-0.39, 0.29) is 6.09 Å². The highest BCUT2D eigenvalue weighted by atomic mass is 35.5. The molecule has 1 aliphatic carbocycles. The van der Waals surface area contributed by atoms with Crippen molar-refractivity contribution in [3.05, 3.63) is 34.9 Å². The van der Waals surface area contributed by atoms with E-state index in [4.69, 9.17) is 16.3 Å². The van der Waals surface area contributed by atoms with Crippen molar-refractivity contribution < 1.29 is 9.53 Å². The minimum absolute atomic E-state index is 0.276. The lowest BCUT2D eigenvalue weighted by Crippen LogP contribution is -2.44. The van der Waals surface area contributed by atoms with Crippen LogP contribution in [0.3, 0.4) is 0 Å². The molecule has 0 aliphatic heterocycles. The highest BCUT2D eigenvalue weighted by Crippen LogP contribution is 2.39. The molecule has 1 fully saturated rings. The molecule has 0 spiro atoms. The molecule has 1 aromatic rings. The van der Waals surface area contributed by atoms with Crippen molar-refractivity contribution in [3.8, 4) is 0 Å². The zero-order valence-corrected chi connectivity index (χ0v) is 15.2. The van der Waals surface area contributed by atoms with Crippen LogP contribution in [0.25, 0.3) is 0 Å². The molecule has 5 heteroatoms. The number of rotatable bonds is 5. The second-order valence-electron chi connectivity index (χ2n) is 7.24. The smallest absolute Gasteiger partial charge is 0.410 e. The van der Waals surface area contributed by atoms with Gasteiger partial charge in [-0.25, -0.2) is 4.79 Å². The second-order valence-corrected chi connectivity index (χ2v) is 7.65. The van der Waals surface area contributed by atoms with E-state index in [9.17, 15) is 4.79 Å². The van der Waals surface area contributed by atoms with E-state index in [1.165, 1.54) is 5.56 Å². The molecule has 0 aromatic heterocycles. The Balaban J connectivity index is 1.65. The van der Waals surface area contributed by atoms with Crippen LogP contribution in [0, 0.1) is 0 Å². The first-order valence-electron chi connectivity index (χ1n) is 8.18. The van der Waals surface area contributed by atoms with Crippen LogP contribution in [0.15, 0.2) is 24.3 Å². The van der Waals surface area contributed by atoms with Crippen LogP contribution in [0.5, 0.6) is 0 Å². The number of nitrogens with one attached hydrogen (secondary N) is 1. The summed E-state index contributed by atoms with van der Waals surface area (Å²) in [6.07, 6.45) is 1.92. The van der Waals surface area contributed by atoms with Gasteiger partial charge in [0, 0.05) is 31.2 Å². The van der Waals surface area contributed by atoms with Crippen molar-refractivity contribution in [2.45, 2.75) is 51.2 Å². The molecule has 23 heavy (non-hydrogen) atoms. The van der Waals surface area contributed by atoms with Gasteiger partial charge in [-0.05, 0) is 51.2 Å². The number of ether oxygens (including phenoxy) is 1. The van der Waals surface area contributed by atoms with Gasteiger partial charge in [0.05, 0.1) is 0 Å². The Kier molecular flexibility index (Phi) is 5.93. The van der Waals surface area contributed by atoms with Gasteiger partial charge in [-0.15, -0.1) is 0 Å². The lowest BCUT2D eigenvalue weighted by molar-refractivity contribution is 0.0298. The summed E-state index contributed by atoms with van der Waals surface area (Å²) in [7, 11) is 1.77. The van der Waals surface area contributed by atoms with Crippen molar-refractivity contribution >= 4 is 17.7 Å². The van der Waals surface area contributed by atoms with E-state index in [1.807, 2.05) is 39.0 Å². The maximum Gasteiger partial charge on any atom is 0.410 e. The number of carbonyl (C=O) groups is 1. The second kappa shape index (κ2) is 7.54. The normalized spacial score (nSPS) is 20.7. The van der Waals surface area contributed by atoms with Crippen LogP contribution < -0.4 is 5.32 Å². The summed E-state index contributed by atoms with van der Waals surface area (Å²) in [5, 5.41) is 4.36. The number of halogens is 1. The molecule has 1 saturated carbocycles. The van der Waals surface area contributed by atoms with E-state index < -0.39 is 5.60 Å². The Hall–Kier alpha value is -1.26. The quantitative estimate of drug-likeness (QED) is 0.880. The largest absolute Gasteiger partial charge is 0.444 e. The van der Waals surface area contributed by atoms with Crippen LogP contribution in [0.2, 0.25) is 5.02 Å². The van der Waals surface area contributed by atoms with E-state index in [2.05, 4.69) is 11.4 Å². The van der Waals surface area contributed by atoms with Gasteiger partial charge in [0.15, 0.2) is 0 Å². The highest BCUT2D eigenvalue weighted by Gasteiger charge is 2.31. The number of nitrogens with zero attached hydrogens (tertiary/aromatic N) is 1. The summed E-state index contributed by atoms with van der Waals surface area (Å²) in [6.45, 7) is 7.04. The average Bonchev–Trinajstić information content (AvgIpc) is 2.40. The van der Waals surface area contributed by atoms with E-state index in [0.717, 1.165) is 24.4 Å². The van der Waals surface area contributed by atoms with E-state index in [0.29, 0.717) is 18.5 Å². The fourth-order valence-electron chi connectivity index (χ4n) is 2.71. The summed E-state index contributed by atoms with van der Waals surface area (Å²) in [4.78, 5) is 13.5. The first-order chi connectivity index (χ1) is 10.8. The van der Waals surface area contributed by atoms with Gasteiger partial charge in [-0.3, -0.25) is 0 Å². The summed E-state index contributed by atoms with van der Waals surface area (Å²) < 4.78 is 5.33. The SMILES string of the molecule is CN(CCNC1CC(c2ccccc2Cl)C1)C(=O)OC(C)(C)C. The fraction of sp³-hybridized carbons (Fsp3) is 0.611. The van der Waals surface area contributed by atoms with Crippen molar-refractivity contribution in [2.24, 2.45) is 0 Å². The molecule has 0 bridgehead atoms. The Morgan fingerprint density at radius 1 is 1.35 bits per heavy atom. The molecule has 0 unspecified atom stereocenters. The predicted molar refractivity (Wildman–Crippen MR) is 94.1 cm³/mol. The zero-order chi connectivity index (χ0) is 17.0. The van der Waals surface area contributed by atoms with Crippen molar-refractivity contribution in [1.82, 2.24) is 10.2 Å². The van der Waals surface area contributed by atoms with Gasteiger partial charge < -0.3 is 15.0 Å². The van der Waals surface area contributed by atoms with Crippen LogP contribution in [0.4, 0.5) is 4.79 Å². The van der Waals surface area contributed by atoms with Crippen LogP contribution >= 0.6 is 11.6 Å². The third-order valence-corrected chi connectivity index (χ3v) is 4.41. The first kappa shape index (κ1) is 18.1. The van der Waals surface area contributed by atoms with Gasteiger partial charge in [0.2, 0.25) is 0 Å². The number of hydrogen-bond acceptors (Lipinski definition) is 3. The number of hydrogen-bond donors (Lipinski definition) is 1. The Morgan fingerprint density at radius 2 is 2.00 bits per heavy atom. The van der Waals surface area contributed by atoms with Gasteiger partial charge in [0.1, 0.15) is 5.60 Å². The molecule has 1 N–H and O–H groups in total. The molecule has 1 aliphatic rings. The molecule has 0 radical (unpaired) electrons. The minimum Gasteiger partial charge on any atom is -0.444 e. The zero-order valence-electron chi connectivity index (χ0n) is 14.4. The summed E-state index contributed by atoms with van der Waals surface area (Å²) in [5.74, 6) is 0.546. The molecule has 0 heterocycles. The summed E-state index contributed by atoms with van der Waals surface area (Å²) in [6, 6.07) is 8.57. The van der Waals surface area contributed by atoms with Crippen LogP contribution in [0.1, 0.15) is 45.1 Å². The lowest BCUT2D eigenvalue weighted by Gasteiger charge is -2.37. The van der Waals surface area contributed by atoms with Gasteiger partial charge in [-0.2, -0.15) is 0 Å². The third kappa shape index (κ3) is 5.40. The summed E-state index contributed by atoms with van der Waals surface area (Å²) >= 11 is 6.23. The summed E-state index contributed by atoms with van der Waals surface area (Å²) in [5.41, 5.74) is 0.799. The standard InChI is InChI=1S/C18H27ClN2O2/c1-18(2,3)23-17(22)21(4)10-9-20-14-11-13(12-14)15-7-5-6-8-16(15)19/h5-8,13-14,20H,9-12H2,1-4H3. The van der Waals surface area contributed by atoms with Crippen molar-refractivity contribution in [2.75, 3.05) is 20.1 Å². The molecule has 128 valence electrons. The number of amides is 1. The number of benzene rings is 1. The van der Waals surface area contributed by atoms with Gasteiger partial charge in [-0.1, -0.05) is 29.8 Å². The topological polar surface area (TPSA) is 41.6 Å².